The van der Waals surface area contributed by atoms with E-state index in [4.69, 9.17) is 0 Å². The molecule has 0 rings (SSSR count). The Morgan fingerprint density at radius 1 is 0.409 bits per heavy atom. The van der Waals surface area contributed by atoms with E-state index in [2.05, 4.69) is 13.8 Å². The molecule has 2 heteroatoms. The minimum atomic E-state index is 0. The van der Waals surface area contributed by atoms with Gasteiger partial charge in [-0.15, -0.1) is 0 Å². The largest absolute Gasteiger partial charge is 2.00 e. The van der Waals surface area contributed by atoms with Gasteiger partial charge in [-0.1, -0.05) is 0 Å². The molecule has 0 atom stereocenters. The van der Waals surface area contributed by atoms with Gasteiger partial charge in [0.25, 0.3) is 0 Å². The number of hydrogen-bond donors (Lipinski definition) is 0. The van der Waals surface area contributed by atoms with Crippen molar-refractivity contribution in [3.05, 3.63) is 0 Å². The van der Waals surface area contributed by atoms with Crippen LogP contribution < -0.4 is 0 Å². The van der Waals surface area contributed by atoms with Crippen LogP contribution in [0.15, 0.2) is 0 Å². The third-order valence-electron chi connectivity index (χ3n) is 4.41. The van der Waals surface area contributed by atoms with Crippen LogP contribution in [0.4, 0.5) is 0 Å². The van der Waals surface area contributed by atoms with Gasteiger partial charge < -0.3 is 13.5 Å². The Morgan fingerprint density at radius 3 is 1.00 bits per heavy atom. The van der Waals surface area contributed by atoms with Crippen molar-refractivity contribution in [3.8, 4) is 0 Å². The Bertz CT molecular complexity index is 155. The standard InChI is InChI=1S/2C10H21.S.Sn/c2*1-3-5-7-9-10-8-6-4-2;;/h2*1,3-10H2,2H3;;/q;;-2;+2. The second kappa shape index (κ2) is 24.4. The minimum absolute atomic E-state index is 0. The first-order valence-corrected chi connectivity index (χ1v) is 14.2. The third kappa shape index (κ3) is 23.4. The van der Waals surface area contributed by atoms with Crippen LogP contribution in [0.1, 0.15) is 117 Å². The molecule has 0 saturated carbocycles. The predicted octanol–water partition coefficient (Wildman–Crippen LogP) is 7.81. The third-order valence-corrected chi connectivity index (χ3v) is 8.45. The topological polar surface area (TPSA) is 0 Å². The van der Waals surface area contributed by atoms with E-state index in [9.17, 15) is 0 Å². The zero-order chi connectivity index (χ0) is 15.4. The second-order valence-electron chi connectivity index (χ2n) is 6.70. The molecule has 0 aromatic carbocycles. The summed E-state index contributed by atoms with van der Waals surface area (Å²) in [6.45, 7) is 4.61. The van der Waals surface area contributed by atoms with Crippen LogP contribution in [-0.4, -0.2) is 21.1 Å². The van der Waals surface area contributed by atoms with Crippen molar-refractivity contribution < 1.29 is 0 Å². The monoisotopic (exact) mass is 434 g/mol. The summed E-state index contributed by atoms with van der Waals surface area (Å²) in [5, 5.41) is 0. The smallest absolute Gasteiger partial charge is 2.00 e. The maximum absolute atomic E-state index is 2.30. The van der Waals surface area contributed by atoms with E-state index in [1.807, 2.05) is 0 Å². The van der Waals surface area contributed by atoms with Crippen molar-refractivity contribution in [2.45, 2.75) is 125 Å². The zero-order valence-corrected chi connectivity index (χ0v) is 19.3. The fraction of sp³-hybridized carbons (Fsp3) is 1.00. The van der Waals surface area contributed by atoms with Gasteiger partial charge in [0.2, 0.25) is 0 Å². The Labute approximate surface area is 159 Å². The first-order chi connectivity index (χ1) is 10.4. The van der Waals surface area contributed by atoms with Crippen molar-refractivity contribution in [1.82, 2.24) is 0 Å². The van der Waals surface area contributed by atoms with Crippen LogP contribution in [0.25, 0.3) is 0 Å². The average Bonchev–Trinajstić information content (AvgIpc) is 2.50. The molecule has 0 aromatic rings. The predicted molar refractivity (Wildman–Crippen MR) is 108 cm³/mol. The van der Waals surface area contributed by atoms with Crippen LogP contribution >= 0.6 is 0 Å². The molecule has 0 aliphatic rings. The number of hydrogen-bond acceptors (Lipinski definition) is 0. The molecular weight excluding hydrogens is 391 g/mol. The molecule has 0 bridgehead atoms. The average molecular weight is 433 g/mol. The Morgan fingerprint density at radius 2 is 0.682 bits per heavy atom. The molecule has 0 unspecified atom stereocenters. The molecule has 0 saturated heterocycles. The zero-order valence-electron chi connectivity index (χ0n) is 15.6. The summed E-state index contributed by atoms with van der Waals surface area (Å²) >= 11 is 0.0528. The summed E-state index contributed by atoms with van der Waals surface area (Å²) in [6.07, 6.45) is 23.8. The van der Waals surface area contributed by atoms with Gasteiger partial charge in [-0.3, -0.25) is 0 Å². The van der Waals surface area contributed by atoms with E-state index in [0.29, 0.717) is 0 Å². The van der Waals surface area contributed by atoms with Gasteiger partial charge in [0.15, 0.2) is 0 Å². The maximum atomic E-state index is 2.30. The van der Waals surface area contributed by atoms with Gasteiger partial charge in [0, 0.05) is 0 Å². The maximum Gasteiger partial charge on any atom is -2.00 e. The minimum Gasteiger partial charge on any atom is -2.00 e. The summed E-state index contributed by atoms with van der Waals surface area (Å²) < 4.78 is 3.32. The second-order valence-corrected chi connectivity index (χ2v) is 11.0. The van der Waals surface area contributed by atoms with E-state index in [1.54, 1.807) is 21.7 Å². The van der Waals surface area contributed by atoms with Gasteiger partial charge in [-0.2, -0.15) is 0 Å². The fourth-order valence-corrected chi connectivity index (χ4v) is 6.46. The SMILES string of the molecule is CCCCCCCCC[CH2][Sn+2][CH2]CCCCCCCCC.[S-2]. The fourth-order valence-electron chi connectivity index (χ4n) is 2.89. The number of unbranched alkanes of at least 4 members (excludes halogenated alkanes) is 14. The van der Waals surface area contributed by atoms with Crippen molar-refractivity contribution in [2.75, 3.05) is 0 Å². The molecule has 0 nitrogen and oxygen atoms in total. The van der Waals surface area contributed by atoms with Crippen molar-refractivity contribution in [1.29, 1.82) is 0 Å². The molecule has 0 amide bonds. The molecule has 22 heavy (non-hydrogen) atoms. The van der Waals surface area contributed by atoms with Gasteiger partial charge in [0.05, 0.1) is 0 Å². The van der Waals surface area contributed by atoms with Gasteiger partial charge >= 0.3 is 147 Å². The molecule has 0 heterocycles. The Balaban J connectivity index is 0. The van der Waals surface area contributed by atoms with E-state index < -0.39 is 0 Å². The van der Waals surface area contributed by atoms with Crippen LogP contribution in [-0.2, 0) is 13.5 Å². The van der Waals surface area contributed by atoms with Gasteiger partial charge in [-0.05, 0) is 0 Å². The molecule has 0 aliphatic heterocycles. The number of rotatable bonds is 18. The van der Waals surface area contributed by atoms with Crippen molar-refractivity contribution in [3.63, 3.8) is 0 Å². The van der Waals surface area contributed by atoms with E-state index >= 15 is 0 Å². The summed E-state index contributed by atoms with van der Waals surface area (Å²) in [4.78, 5) is 0. The molecule has 0 radical (unpaired) electrons. The van der Waals surface area contributed by atoms with Gasteiger partial charge in [0.1, 0.15) is 0 Å². The quantitative estimate of drug-likeness (QED) is 0.153. The summed E-state index contributed by atoms with van der Waals surface area (Å²) in [7, 11) is 0. The molecule has 0 N–H and O–H groups in total. The Hall–Kier alpha value is 1.15. The molecule has 0 fully saturated rings. The molecule has 0 spiro atoms. The van der Waals surface area contributed by atoms with Crippen LogP contribution in [0.3, 0.4) is 0 Å². The molecule has 132 valence electrons. The van der Waals surface area contributed by atoms with E-state index in [-0.39, 0.29) is 34.6 Å². The molecule has 0 aromatic heterocycles. The summed E-state index contributed by atoms with van der Waals surface area (Å²) in [5.41, 5.74) is 0. The first-order valence-electron chi connectivity index (χ1n) is 10.1. The van der Waals surface area contributed by atoms with Crippen LogP contribution in [0.2, 0.25) is 8.87 Å². The first kappa shape index (κ1) is 25.4. The summed E-state index contributed by atoms with van der Waals surface area (Å²) in [6, 6.07) is 0. The summed E-state index contributed by atoms with van der Waals surface area (Å²) in [5.74, 6) is 0. The molecule has 0 aliphatic carbocycles. The van der Waals surface area contributed by atoms with E-state index in [0.717, 1.165) is 0 Å². The molecular formula is C20H42SSn. The normalized spacial score (nSPS) is 10.3. The van der Waals surface area contributed by atoms with Gasteiger partial charge in [-0.25, -0.2) is 0 Å². The Kier molecular flexibility index (Phi) is 28.2. The van der Waals surface area contributed by atoms with Crippen LogP contribution in [0, 0.1) is 0 Å². The van der Waals surface area contributed by atoms with Crippen molar-refractivity contribution in [2.24, 2.45) is 0 Å². The van der Waals surface area contributed by atoms with Crippen LogP contribution in [0.5, 0.6) is 0 Å². The van der Waals surface area contributed by atoms with E-state index in [1.165, 1.54) is 89.9 Å². The van der Waals surface area contributed by atoms with Crippen molar-refractivity contribution >= 4 is 34.6 Å².